The fourth-order valence-electron chi connectivity index (χ4n) is 0.889. The van der Waals surface area contributed by atoms with E-state index in [0.717, 1.165) is 0 Å². The molecule has 0 heteroatoms. The number of allylic oxidation sites excluding steroid dienone is 4. The molecule has 0 atom stereocenters. The van der Waals surface area contributed by atoms with Crippen LogP contribution in [-0.4, -0.2) is 0 Å². The van der Waals surface area contributed by atoms with E-state index in [4.69, 9.17) is 0 Å². The Balaban J connectivity index is 0. The summed E-state index contributed by atoms with van der Waals surface area (Å²) in [6.45, 7) is 17.5. The molecular weight excluding hydrogens is 192 g/mol. The molecular formula is C16H32. The second kappa shape index (κ2) is 11.0. The zero-order valence-corrected chi connectivity index (χ0v) is 12.6. The molecule has 0 N–H and O–H groups in total. The van der Waals surface area contributed by atoms with Crippen LogP contribution in [-0.2, 0) is 0 Å². The van der Waals surface area contributed by atoms with Crippen molar-refractivity contribution in [1.29, 1.82) is 0 Å². The Labute approximate surface area is 104 Å². The van der Waals surface area contributed by atoms with Crippen LogP contribution in [0.4, 0.5) is 0 Å². The Kier molecular flexibility index (Phi) is 12.3. The Morgan fingerprint density at radius 1 is 0.375 bits per heavy atom. The van der Waals surface area contributed by atoms with Gasteiger partial charge in [-0.05, 0) is 23.7 Å². The van der Waals surface area contributed by atoms with Crippen LogP contribution in [0, 0.1) is 23.7 Å². The van der Waals surface area contributed by atoms with E-state index in [1.54, 1.807) is 0 Å². The summed E-state index contributed by atoms with van der Waals surface area (Å²) in [6, 6.07) is 0. The van der Waals surface area contributed by atoms with Crippen LogP contribution in [0.15, 0.2) is 24.3 Å². The van der Waals surface area contributed by atoms with E-state index < -0.39 is 0 Å². The van der Waals surface area contributed by atoms with Gasteiger partial charge in [-0.2, -0.15) is 0 Å². The van der Waals surface area contributed by atoms with E-state index in [0.29, 0.717) is 23.7 Å². The maximum atomic E-state index is 2.24. The zero-order valence-electron chi connectivity index (χ0n) is 12.6. The summed E-state index contributed by atoms with van der Waals surface area (Å²) in [5.74, 6) is 2.82. The van der Waals surface area contributed by atoms with Gasteiger partial charge in [0.25, 0.3) is 0 Å². The van der Waals surface area contributed by atoms with E-state index in [1.165, 1.54) is 0 Å². The largest absolute Gasteiger partial charge is 0.0857 e. The van der Waals surface area contributed by atoms with Crippen molar-refractivity contribution in [3.63, 3.8) is 0 Å². The SMILES string of the molecule is CC(C)/C=C/C(C)C.CC(C)/C=C\C(C)C. The van der Waals surface area contributed by atoms with Gasteiger partial charge >= 0.3 is 0 Å². The monoisotopic (exact) mass is 224 g/mol. The summed E-state index contributed by atoms with van der Waals surface area (Å²) in [6.07, 6.45) is 8.96. The molecule has 0 saturated heterocycles. The van der Waals surface area contributed by atoms with Gasteiger partial charge in [0, 0.05) is 0 Å². The molecule has 0 saturated carbocycles. The van der Waals surface area contributed by atoms with Crippen molar-refractivity contribution >= 4 is 0 Å². The number of hydrogen-bond acceptors (Lipinski definition) is 0. The minimum Gasteiger partial charge on any atom is -0.0857 e. The average molecular weight is 224 g/mol. The second-order valence-corrected chi connectivity index (χ2v) is 5.75. The van der Waals surface area contributed by atoms with Crippen LogP contribution in [0.2, 0.25) is 0 Å². The van der Waals surface area contributed by atoms with E-state index in [2.05, 4.69) is 79.7 Å². The van der Waals surface area contributed by atoms with E-state index in [-0.39, 0.29) is 0 Å². The van der Waals surface area contributed by atoms with Crippen molar-refractivity contribution in [2.75, 3.05) is 0 Å². The lowest BCUT2D eigenvalue weighted by atomic mass is 10.1. The summed E-state index contributed by atoms with van der Waals surface area (Å²) in [4.78, 5) is 0. The molecule has 0 radical (unpaired) electrons. The molecule has 0 spiro atoms. The lowest BCUT2D eigenvalue weighted by molar-refractivity contribution is 0.780. The molecule has 0 rings (SSSR count). The minimum absolute atomic E-state index is 0.706. The smallest absolute Gasteiger partial charge is 0.0290 e. The van der Waals surface area contributed by atoms with Gasteiger partial charge in [0.15, 0.2) is 0 Å². The first-order valence-corrected chi connectivity index (χ1v) is 6.62. The summed E-state index contributed by atoms with van der Waals surface area (Å²) >= 11 is 0. The highest BCUT2D eigenvalue weighted by atomic mass is 13.9. The van der Waals surface area contributed by atoms with Crippen molar-refractivity contribution in [3.05, 3.63) is 24.3 Å². The van der Waals surface area contributed by atoms with Crippen LogP contribution in [0.3, 0.4) is 0 Å². The van der Waals surface area contributed by atoms with Gasteiger partial charge in [0.2, 0.25) is 0 Å². The predicted octanol–water partition coefficient (Wildman–Crippen LogP) is 5.71. The topological polar surface area (TPSA) is 0 Å². The minimum atomic E-state index is 0.706. The van der Waals surface area contributed by atoms with Gasteiger partial charge in [0.05, 0.1) is 0 Å². The molecule has 0 aliphatic heterocycles. The highest BCUT2D eigenvalue weighted by Gasteiger charge is 1.85. The Morgan fingerprint density at radius 2 is 0.500 bits per heavy atom. The summed E-state index contributed by atoms with van der Waals surface area (Å²) in [5.41, 5.74) is 0. The van der Waals surface area contributed by atoms with Gasteiger partial charge in [-0.25, -0.2) is 0 Å². The standard InChI is InChI=1S/2C8H16/c2*1-7(2)5-6-8(3)4/h2*5-8H,1-4H3/b6-5+;6-5-. The van der Waals surface area contributed by atoms with Gasteiger partial charge in [-0.15, -0.1) is 0 Å². The summed E-state index contributed by atoms with van der Waals surface area (Å²) < 4.78 is 0. The first-order chi connectivity index (χ1) is 7.25. The predicted molar refractivity (Wildman–Crippen MR) is 77.6 cm³/mol. The number of rotatable bonds is 4. The number of hydrogen-bond donors (Lipinski definition) is 0. The molecule has 0 aromatic rings. The van der Waals surface area contributed by atoms with E-state index in [1.807, 2.05) is 0 Å². The summed E-state index contributed by atoms with van der Waals surface area (Å²) in [5, 5.41) is 0. The lowest BCUT2D eigenvalue weighted by Gasteiger charge is -1.95. The van der Waals surface area contributed by atoms with Crippen LogP contribution in [0.25, 0.3) is 0 Å². The van der Waals surface area contributed by atoms with Crippen LogP contribution < -0.4 is 0 Å². The molecule has 0 aromatic heterocycles. The molecule has 0 aromatic carbocycles. The highest BCUT2D eigenvalue weighted by Crippen LogP contribution is 1.99. The molecule has 16 heavy (non-hydrogen) atoms. The van der Waals surface area contributed by atoms with Gasteiger partial charge in [-0.3, -0.25) is 0 Å². The molecule has 0 aliphatic carbocycles. The van der Waals surface area contributed by atoms with Crippen molar-refractivity contribution in [1.82, 2.24) is 0 Å². The Bertz CT molecular complexity index is 138. The molecule has 0 unspecified atom stereocenters. The molecule has 96 valence electrons. The Hall–Kier alpha value is -0.520. The molecule has 0 amide bonds. The maximum Gasteiger partial charge on any atom is -0.0290 e. The lowest BCUT2D eigenvalue weighted by Crippen LogP contribution is -1.81. The molecule has 0 nitrogen and oxygen atoms in total. The molecule has 0 heterocycles. The third-order valence-electron chi connectivity index (χ3n) is 1.76. The fraction of sp³-hybridized carbons (Fsp3) is 0.750. The zero-order chi connectivity index (χ0) is 13.1. The molecule has 0 fully saturated rings. The normalized spacial score (nSPS) is 12.2. The second-order valence-electron chi connectivity index (χ2n) is 5.75. The first kappa shape index (κ1) is 17.9. The Morgan fingerprint density at radius 3 is 0.562 bits per heavy atom. The van der Waals surface area contributed by atoms with Crippen LogP contribution >= 0.6 is 0 Å². The van der Waals surface area contributed by atoms with E-state index >= 15 is 0 Å². The summed E-state index contributed by atoms with van der Waals surface area (Å²) in [7, 11) is 0. The van der Waals surface area contributed by atoms with Gasteiger partial charge < -0.3 is 0 Å². The van der Waals surface area contributed by atoms with Crippen molar-refractivity contribution in [3.8, 4) is 0 Å². The van der Waals surface area contributed by atoms with Crippen LogP contribution in [0.1, 0.15) is 55.4 Å². The highest BCUT2D eigenvalue weighted by molar-refractivity contribution is 4.87. The molecule has 0 bridgehead atoms. The van der Waals surface area contributed by atoms with Gasteiger partial charge in [-0.1, -0.05) is 79.7 Å². The third kappa shape index (κ3) is 23.4. The third-order valence-corrected chi connectivity index (χ3v) is 1.76. The van der Waals surface area contributed by atoms with Gasteiger partial charge in [0.1, 0.15) is 0 Å². The fourth-order valence-corrected chi connectivity index (χ4v) is 0.889. The van der Waals surface area contributed by atoms with Crippen molar-refractivity contribution in [2.45, 2.75) is 55.4 Å². The van der Waals surface area contributed by atoms with Crippen molar-refractivity contribution < 1.29 is 0 Å². The van der Waals surface area contributed by atoms with Crippen molar-refractivity contribution in [2.24, 2.45) is 23.7 Å². The average Bonchev–Trinajstić information content (AvgIpc) is 2.12. The first-order valence-electron chi connectivity index (χ1n) is 6.62. The maximum absolute atomic E-state index is 2.24. The van der Waals surface area contributed by atoms with Crippen LogP contribution in [0.5, 0.6) is 0 Å². The quantitative estimate of drug-likeness (QED) is 0.537. The van der Waals surface area contributed by atoms with E-state index in [9.17, 15) is 0 Å². The molecule has 0 aliphatic rings.